The summed E-state index contributed by atoms with van der Waals surface area (Å²) in [5, 5.41) is 9.22. The number of benzene rings is 1. The average molecular weight is 223 g/mol. The molecule has 0 saturated heterocycles. The monoisotopic (exact) mass is 223 g/mol. The lowest BCUT2D eigenvalue weighted by Gasteiger charge is -2.18. The second-order valence-electron chi connectivity index (χ2n) is 4.19. The highest BCUT2D eigenvalue weighted by Crippen LogP contribution is 2.18. The summed E-state index contributed by atoms with van der Waals surface area (Å²) in [6, 6.07) is 8.02. The maximum absolute atomic E-state index is 9.22. The molecule has 0 heterocycles. The Hall–Kier alpha value is -1.06. The summed E-state index contributed by atoms with van der Waals surface area (Å²) in [6.07, 6.45) is 0.561. The van der Waals surface area contributed by atoms with Gasteiger partial charge >= 0.3 is 0 Å². The number of methoxy groups -OCH3 is 1. The number of aliphatic hydroxyl groups is 1. The lowest BCUT2D eigenvalue weighted by atomic mass is 10.2. The third-order valence-electron chi connectivity index (χ3n) is 2.56. The Labute approximate surface area is 97.7 Å². The second kappa shape index (κ2) is 6.51. The van der Waals surface area contributed by atoms with Gasteiger partial charge in [-0.1, -0.05) is 18.2 Å². The molecule has 0 amide bonds. The van der Waals surface area contributed by atoms with Crippen molar-refractivity contribution >= 4 is 0 Å². The van der Waals surface area contributed by atoms with Crippen molar-refractivity contribution < 1.29 is 9.84 Å². The number of para-hydroxylation sites is 1. The molecule has 0 aromatic heterocycles. The molecule has 0 aliphatic carbocycles. The predicted octanol–water partition coefficient (Wildman–Crippen LogP) is 1.90. The van der Waals surface area contributed by atoms with Crippen molar-refractivity contribution in [3.8, 4) is 5.75 Å². The average Bonchev–Trinajstić information content (AvgIpc) is 2.27. The fraction of sp³-hybridized carbons (Fsp3) is 0.538. The van der Waals surface area contributed by atoms with Crippen molar-refractivity contribution in [3.63, 3.8) is 0 Å². The Morgan fingerprint density at radius 3 is 2.69 bits per heavy atom. The van der Waals surface area contributed by atoms with Gasteiger partial charge in [-0.2, -0.15) is 0 Å². The van der Waals surface area contributed by atoms with Gasteiger partial charge in [0.2, 0.25) is 0 Å². The molecule has 0 aliphatic heterocycles. The number of ether oxygens (including phenoxy) is 1. The largest absolute Gasteiger partial charge is 0.496 e. The van der Waals surface area contributed by atoms with Crippen molar-refractivity contribution in [2.75, 3.05) is 20.7 Å². The Bertz CT molecular complexity index is 313. The van der Waals surface area contributed by atoms with Gasteiger partial charge in [-0.05, 0) is 26.5 Å². The lowest BCUT2D eigenvalue weighted by Crippen LogP contribution is -2.22. The van der Waals surface area contributed by atoms with E-state index >= 15 is 0 Å². The van der Waals surface area contributed by atoms with Crippen molar-refractivity contribution in [1.82, 2.24) is 4.90 Å². The Balaban J connectivity index is 2.51. The summed E-state index contributed by atoms with van der Waals surface area (Å²) in [5.41, 5.74) is 1.18. The van der Waals surface area contributed by atoms with Crippen LogP contribution in [-0.2, 0) is 6.54 Å². The van der Waals surface area contributed by atoms with Crippen LogP contribution in [0.3, 0.4) is 0 Å². The topological polar surface area (TPSA) is 32.7 Å². The molecule has 1 aromatic rings. The summed E-state index contributed by atoms with van der Waals surface area (Å²) in [4.78, 5) is 2.19. The van der Waals surface area contributed by atoms with Crippen molar-refractivity contribution in [2.45, 2.75) is 26.0 Å². The highest BCUT2D eigenvalue weighted by Gasteiger charge is 2.06. The first kappa shape index (κ1) is 13.0. The van der Waals surface area contributed by atoms with Crippen LogP contribution in [-0.4, -0.2) is 36.8 Å². The zero-order valence-corrected chi connectivity index (χ0v) is 10.3. The first-order valence-corrected chi connectivity index (χ1v) is 5.62. The highest BCUT2D eigenvalue weighted by molar-refractivity contribution is 5.32. The molecule has 16 heavy (non-hydrogen) atoms. The van der Waals surface area contributed by atoms with Gasteiger partial charge < -0.3 is 14.7 Å². The first-order valence-electron chi connectivity index (χ1n) is 5.62. The normalized spacial score (nSPS) is 12.8. The minimum atomic E-state index is -0.236. The van der Waals surface area contributed by atoms with E-state index < -0.39 is 0 Å². The Kier molecular flexibility index (Phi) is 5.29. The van der Waals surface area contributed by atoms with Crippen LogP contribution in [0.15, 0.2) is 24.3 Å². The lowest BCUT2D eigenvalue weighted by molar-refractivity contribution is 0.162. The molecule has 90 valence electrons. The molecule has 1 atom stereocenters. The molecule has 0 radical (unpaired) electrons. The molecule has 3 heteroatoms. The molecular weight excluding hydrogens is 202 g/mol. The molecule has 1 N–H and O–H groups in total. The van der Waals surface area contributed by atoms with Crippen LogP contribution in [0.2, 0.25) is 0 Å². The summed E-state index contributed by atoms with van der Waals surface area (Å²) in [7, 11) is 3.74. The van der Waals surface area contributed by atoms with Crippen LogP contribution >= 0.6 is 0 Å². The number of rotatable bonds is 6. The maximum Gasteiger partial charge on any atom is 0.123 e. The zero-order chi connectivity index (χ0) is 12.0. The van der Waals surface area contributed by atoms with Crippen LogP contribution < -0.4 is 4.74 Å². The summed E-state index contributed by atoms with van der Waals surface area (Å²) >= 11 is 0. The van der Waals surface area contributed by atoms with Gasteiger partial charge in [-0.25, -0.2) is 0 Å². The number of hydrogen-bond donors (Lipinski definition) is 1. The Morgan fingerprint density at radius 2 is 2.06 bits per heavy atom. The van der Waals surface area contributed by atoms with E-state index in [2.05, 4.69) is 18.0 Å². The first-order chi connectivity index (χ1) is 7.63. The number of aliphatic hydroxyl groups excluding tert-OH is 1. The standard InChI is InChI=1S/C13H21NO2/c1-11(15)8-9-14(2)10-12-6-4-5-7-13(12)16-3/h4-7,11,15H,8-10H2,1-3H3. The minimum absolute atomic E-state index is 0.236. The van der Waals surface area contributed by atoms with Crippen molar-refractivity contribution in [3.05, 3.63) is 29.8 Å². The highest BCUT2D eigenvalue weighted by atomic mass is 16.5. The summed E-state index contributed by atoms with van der Waals surface area (Å²) < 4.78 is 5.30. The molecular formula is C13H21NO2. The van der Waals surface area contributed by atoms with E-state index in [-0.39, 0.29) is 6.10 Å². The van der Waals surface area contributed by atoms with E-state index in [0.29, 0.717) is 0 Å². The fourth-order valence-corrected chi connectivity index (χ4v) is 1.61. The zero-order valence-electron chi connectivity index (χ0n) is 10.3. The molecule has 1 unspecified atom stereocenters. The van der Waals surface area contributed by atoms with E-state index in [0.717, 1.165) is 25.3 Å². The van der Waals surface area contributed by atoms with E-state index in [1.54, 1.807) is 7.11 Å². The van der Waals surface area contributed by atoms with Crippen molar-refractivity contribution in [2.24, 2.45) is 0 Å². The molecule has 0 saturated carbocycles. The SMILES string of the molecule is COc1ccccc1CN(C)CCC(C)O. The smallest absolute Gasteiger partial charge is 0.123 e. The predicted molar refractivity (Wildman–Crippen MR) is 65.6 cm³/mol. The molecule has 1 rings (SSSR count). The van der Waals surface area contributed by atoms with Gasteiger partial charge in [0.05, 0.1) is 13.2 Å². The third kappa shape index (κ3) is 4.21. The van der Waals surface area contributed by atoms with Crippen LogP contribution in [0.1, 0.15) is 18.9 Å². The minimum Gasteiger partial charge on any atom is -0.496 e. The van der Waals surface area contributed by atoms with E-state index in [4.69, 9.17) is 4.74 Å². The van der Waals surface area contributed by atoms with E-state index in [1.165, 1.54) is 5.56 Å². The van der Waals surface area contributed by atoms with Gasteiger partial charge in [0.15, 0.2) is 0 Å². The van der Waals surface area contributed by atoms with Crippen molar-refractivity contribution in [1.29, 1.82) is 0 Å². The quantitative estimate of drug-likeness (QED) is 0.799. The molecule has 0 spiro atoms. The fourth-order valence-electron chi connectivity index (χ4n) is 1.61. The molecule has 0 bridgehead atoms. The number of nitrogens with zero attached hydrogens (tertiary/aromatic N) is 1. The molecule has 3 nitrogen and oxygen atoms in total. The Morgan fingerprint density at radius 1 is 1.38 bits per heavy atom. The number of hydrogen-bond acceptors (Lipinski definition) is 3. The molecule has 0 aliphatic rings. The van der Waals surface area contributed by atoms with E-state index in [1.807, 2.05) is 25.1 Å². The van der Waals surface area contributed by atoms with Gasteiger partial charge in [-0.15, -0.1) is 0 Å². The van der Waals surface area contributed by atoms with Gasteiger partial charge in [0.25, 0.3) is 0 Å². The van der Waals surface area contributed by atoms with Crippen LogP contribution in [0.5, 0.6) is 5.75 Å². The summed E-state index contributed by atoms with van der Waals surface area (Å²) in [5.74, 6) is 0.923. The third-order valence-corrected chi connectivity index (χ3v) is 2.56. The molecule has 1 aromatic carbocycles. The van der Waals surface area contributed by atoms with Crippen LogP contribution in [0.25, 0.3) is 0 Å². The van der Waals surface area contributed by atoms with E-state index in [9.17, 15) is 5.11 Å². The van der Waals surface area contributed by atoms with Crippen LogP contribution in [0, 0.1) is 0 Å². The maximum atomic E-state index is 9.22. The van der Waals surface area contributed by atoms with Gasteiger partial charge in [0.1, 0.15) is 5.75 Å². The van der Waals surface area contributed by atoms with Gasteiger partial charge in [0, 0.05) is 18.7 Å². The summed E-state index contributed by atoms with van der Waals surface area (Å²) in [6.45, 7) is 3.55. The van der Waals surface area contributed by atoms with Crippen LogP contribution in [0.4, 0.5) is 0 Å². The van der Waals surface area contributed by atoms with Gasteiger partial charge in [-0.3, -0.25) is 0 Å². The second-order valence-corrected chi connectivity index (χ2v) is 4.19. The molecule has 0 fully saturated rings.